The molecule has 1 heterocycles. The van der Waals surface area contributed by atoms with Crippen molar-refractivity contribution in [2.45, 2.75) is 13.5 Å². The summed E-state index contributed by atoms with van der Waals surface area (Å²) in [6, 6.07) is 13.7. The standard InChI is InChI=1S/C14H13N3O/c1-10-8-11(9-18)6-7-13(10)17-14-5-3-2-4-12(14)15-16-17/h2-8,18H,9H2,1H3. The third-order valence-electron chi connectivity index (χ3n) is 3.02. The molecule has 0 aliphatic heterocycles. The SMILES string of the molecule is Cc1cc(CO)ccc1-n1nnc2ccccc21. The quantitative estimate of drug-likeness (QED) is 0.746. The van der Waals surface area contributed by atoms with Gasteiger partial charge in [-0.15, -0.1) is 5.10 Å². The third-order valence-corrected chi connectivity index (χ3v) is 3.02. The Bertz CT molecular complexity index is 703. The first kappa shape index (κ1) is 10.9. The molecule has 3 aromatic rings. The average molecular weight is 239 g/mol. The van der Waals surface area contributed by atoms with E-state index < -0.39 is 0 Å². The lowest BCUT2D eigenvalue weighted by Crippen LogP contribution is -2.00. The molecule has 0 amide bonds. The number of nitrogens with zero attached hydrogens (tertiary/aromatic N) is 3. The van der Waals surface area contributed by atoms with Crippen molar-refractivity contribution >= 4 is 11.0 Å². The number of rotatable bonds is 2. The van der Waals surface area contributed by atoms with Gasteiger partial charge in [0.1, 0.15) is 5.52 Å². The lowest BCUT2D eigenvalue weighted by atomic mass is 10.1. The number of hydrogen-bond donors (Lipinski definition) is 1. The number of aliphatic hydroxyl groups is 1. The monoisotopic (exact) mass is 239 g/mol. The molecule has 90 valence electrons. The molecule has 0 aliphatic carbocycles. The Kier molecular flexibility index (Phi) is 2.57. The van der Waals surface area contributed by atoms with Crippen LogP contribution in [0.2, 0.25) is 0 Å². The van der Waals surface area contributed by atoms with E-state index in [0.717, 1.165) is 27.8 Å². The van der Waals surface area contributed by atoms with Crippen LogP contribution in [0, 0.1) is 6.92 Å². The molecule has 1 aromatic heterocycles. The van der Waals surface area contributed by atoms with Crippen molar-refractivity contribution in [3.05, 3.63) is 53.6 Å². The Morgan fingerprint density at radius 2 is 2.00 bits per heavy atom. The molecule has 3 rings (SSSR count). The van der Waals surface area contributed by atoms with Crippen LogP contribution in [0.4, 0.5) is 0 Å². The van der Waals surface area contributed by atoms with Gasteiger partial charge in [-0.2, -0.15) is 0 Å². The molecule has 0 unspecified atom stereocenters. The molecule has 0 fully saturated rings. The fraction of sp³-hybridized carbons (Fsp3) is 0.143. The molecule has 0 saturated carbocycles. The highest BCUT2D eigenvalue weighted by molar-refractivity contribution is 5.76. The van der Waals surface area contributed by atoms with E-state index in [1.807, 2.05) is 54.1 Å². The van der Waals surface area contributed by atoms with Crippen molar-refractivity contribution < 1.29 is 5.11 Å². The molecular formula is C14H13N3O. The van der Waals surface area contributed by atoms with Gasteiger partial charge < -0.3 is 5.11 Å². The van der Waals surface area contributed by atoms with Crippen LogP contribution in [0.1, 0.15) is 11.1 Å². The van der Waals surface area contributed by atoms with Crippen molar-refractivity contribution in [1.29, 1.82) is 0 Å². The minimum atomic E-state index is 0.0548. The lowest BCUT2D eigenvalue weighted by molar-refractivity contribution is 0.282. The summed E-state index contributed by atoms with van der Waals surface area (Å²) >= 11 is 0. The maximum absolute atomic E-state index is 9.12. The molecule has 0 radical (unpaired) electrons. The zero-order valence-corrected chi connectivity index (χ0v) is 10.0. The number of aryl methyl sites for hydroxylation is 1. The third kappa shape index (κ3) is 1.67. The Balaban J connectivity index is 2.20. The molecular weight excluding hydrogens is 226 g/mol. The lowest BCUT2D eigenvalue weighted by Gasteiger charge is -2.07. The van der Waals surface area contributed by atoms with Crippen LogP contribution in [-0.4, -0.2) is 20.1 Å². The molecule has 0 atom stereocenters. The summed E-state index contributed by atoms with van der Waals surface area (Å²) in [4.78, 5) is 0. The Morgan fingerprint density at radius 1 is 1.17 bits per heavy atom. The maximum atomic E-state index is 9.12. The zero-order valence-electron chi connectivity index (χ0n) is 10.0. The minimum Gasteiger partial charge on any atom is -0.392 e. The molecule has 4 nitrogen and oxygen atoms in total. The molecule has 0 saturated heterocycles. The van der Waals surface area contributed by atoms with Crippen molar-refractivity contribution in [1.82, 2.24) is 15.0 Å². The number of aliphatic hydroxyl groups excluding tert-OH is 1. The fourth-order valence-electron chi connectivity index (χ4n) is 2.10. The molecule has 4 heteroatoms. The summed E-state index contributed by atoms with van der Waals surface area (Å²) in [7, 11) is 0. The molecule has 0 bridgehead atoms. The molecule has 1 N–H and O–H groups in total. The summed E-state index contributed by atoms with van der Waals surface area (Å²) in [5, 5.41) is 17.4. The van der Waals surface area contributed by atoms with Crippen molar-refractivity contribution in [3.8, 4) is 5.69 Å². The van der Waals surface area contributed by atoms with E-state index in [4.69, 9.17) is 5.11 Å². The van der Waals surface area contributed by atoms with Gasteiger partial charge in [0.05, 0.1) is 17.8 Å². The summed E-state index contributed by atoms with van der Waals surface area (Å²) in [5.74, 6) is 0. The Labute approximate surface area is 104 Å². The van der Waals surface area contributed by atoms with Crippen molar-refractivity contribution in [2.24, 2.45) is 0 Å². The van der Waals surface area contributed by atoms with E-state index in [1.165, 1.54) is 0 Å². The van der Waals surface area contributed by atoms with Gasteiger partial charge in [0.2, 0.25) is 0 Å². The van der Waals surface area contributed by atoms with Crippen LogP contribution in [-0.2, 0) is 6.61 Å². The number of hydrogen-bond acceptors (Lipinski definition) is 3. The molecule has 18 heavy (non-hydrogen) atoms. The van der Waals surface area contributed by atoms with Crippen LogP contribution in [0.25, 0.3) is 16.7 Å². The van der Waals surface area contributed by atoms with Crippen molar-refractivity contribution in [3.63, 3.8) is 0 Å². The number of para-hydroxylation sites is 1. The Hall–Kier alpha value is -2.20. The fourth-order valence-corrected chi connectivity index (χ4v) is 2.10. The van der Waals surface area contributed by atoms with Crippen molar-refractivity contribution in [2.75, 3.05) is 0 Å². The molecule has 2 aromatic carbocycles. The summed E-state index contributed by atoms with van der Waals surface area (Å²) in [6.07, 6.45) is 0. The van der Waals surface area contributed by atoms with Gasteiger partial charge >= 0.3 is 0 Å². The van der Waals surface area contributed by atoms with Gasteiger partial charge in [-0.3, -0.25) is 0 Å². The maximum Gasteiger partial charge on any atom is 0.113 e. The van der Waals surface area contributed by atoms with E-state index in [1.54, 1.807) is 0 Å². The molecule has 0 spiro atoms. The summed E-state index contributed by atoms with van der Waals surface area (Å²) < 4.78 is 1.83. The summed E-state index contributed by atoms with van der Waals surface area (Å²) in [5.41, 5.74) is 4.82. The first-order valence-corrected chi connectivity index (χ1v) is 5.81. The largest absolute Gasteiger partial charge is 0.392 e. The van der Waals surface area contributed by atoms with Crippen LogP contribution in [0.15, 0.2) is 42.5 Å². The second-order valence-electron chi connectivity index (χ2n) is 4.27. The predicted molar refractivity (Wildman–Crippen MR) is 69.5 cm³/mol. The molecule has 0 aliphatic rings. The normalized spacial score (nSPS) is 11.0. The van der Waals surface area contributed by atoms with Gasteiger partial charge in [-0.1, -0.05) is 29.5 Å². The van der Waals surface area contributed by atoms with Gasteiger partial charge in [-0.05, 0) is 36.2 Å². The van der Waals surface area contributed by atoms with Crippen LogP contribution >= 0.6 is 0 Å². The van der Waals surface area contributed by atoms with Crippen LogP contribution in [0.5, 0.6) is 0 Å². The van der Waals surface area contributed by atoms with E-state index in [0.29, 0.717) is 0 Å². The first-order chi connectivity index (χ1) is 8.79. The van der Waals surface area contributed by atoms with E-state index in [9.17, 15) is 0 Å². The minimum absolute atomic E-state index is 0.0548. The number of benzene rings is 2. The predicted octanol–water partition coefficient (Wildman–Crippen LogP) is 2.22. The van der Waals surface area contributed by atoms with Gasteiger partial charge in [0, 0.05) is 0 Å². The highest BCUT2D eigenvalue weighted by Gasteiger charge is 2.08. The summed E-state index contributed by atoms with van der Waals surface area (Å²) in [6.45, 7) is 2.06. The average Bonchev–Trinajstić information content (AvgIpc) is 2.82. The topological polar surface area (TPSA) is 50.9 Å². The zero-order chi connectivity index (χ0) is 12.5. The van der Waals surface area contributed by atoms with E-state index >= 15 is 0 Å². The van der Waals surface area contributed by atoms with Gasteiger partial charge in [0.15, 0.2) is 0 Å². The van der Waals surface area contributed by atoms with Gasteiger partial charge in [0.25, 0.3) is 0 Å². The van der Waals surface area contributed by atoms with E-state index in [-0.39, 0.29) is 6.61 Å². The van der Waals surface area contributed by atoms with Crippen LogP contribution in [0.3, 0.4) is 0 Å². The highest BCUT2D eigenvalue weighted by Crippen LogP contribution is 2.20. The number of fused-ring (bicyclic) bond motifs is 1. The first-order valence-electron chi connectivity index (χ1n) is 5.81. The van der Waals surface area contributed by atoms with Crippen LogP contribution < -0.4 is 0 Å². The smallest absolute Gasteiger partial charge is 0.113 e. The van der Waals surface area contributed by atoms with E-state index in [2.05, 4.69) is 10.3 Å². The second-order valence-corrected chi connectivity index (χ2v) is 4.27. The highest BCUT2D eigenvalue weighted by atomic mass is 16.3. The number of aromatic nitrogens is 3. The second kappa shape index (κ2) is 4.23. The van der Waals surface area contributed by atoms with Gasteiger partial charge in [-0.25, -0.2) is 4.68 Å². The Morgan fingerprint density at radius 3 is 2.78 bits per heavy atom.